The van der Waals surface area contributed by atoms with Gasteiger partial charge in [-0.1, -0.05) is 15.9 Å². The van der Waals surface area contributed by atoms with Crippen LogP contribution in [-0.4, -0.2) is 17.0 Å². The quantitative estimate of drug-likeness (QED) is 0.838. The molecular weight excluding hydrogens is 382 g/mol. The van der Waals surface area contributed by atoms with Crippen molar-refractivity contribution in [1.82, 2.24) is 0 Å². The summed E-state index contributed by atoms with van der Waals surface area (Å²) in [5.74, 6) is -1.40. The smallest absolute Gasteiger partial charge is 0.335 e. The molecule has 0 spiro atoms. The first kappa shape index (κ1) is 13.8. The van der Waals surface area contributed by atoms with Crippen LogP contribution in [0.1, 0.15) is 20.9 Å². The Morgan fingerprint density at radius 3 is 2.47 bits per heavy atom. The summed E-state index contributed by atoms with van der Waals surface area (Å²) < 4.78 is 6.10. The molecule has 0 saturated carbocycles. The van der Waals surface area contributed by atoms with Crippen LogP contribution in [0.25, 0.3) is 0 Å². The van der Waals surface area contributed by atoms with Gasteiger partial charge in [-0.15, -0.1) is 0 Å². The van der Waals surface area contributed by atoms with Crippen molar-refractivity contribution < 1.29 is 19.1 Å². The van der Waals surface area contributed by atoms with Crippen molar-refractivity contribution in [3.05, 3.63) is 50.8 Å². The lowest BCUT2D eigenvalue weighted by Crippen LogP contribution is -2.11. The maximum absolute atomic E-state index is 11.8. The van der Waals surface area contributed by atoms with Crippen molar-refractivity contribution in [3.8, 4) is 0 Å². The maximum Gasteiger partial charge on any atom is 0.335 e. The largest absolute Gasteiger partial charge is 0.478 e. The van der Waals surface area contributed by atoms with Gasteiger partial charge < -0.3 is 14.8 Å². The normalized spacial score (nSPS) is 10.2. The molecule has 0 fully saturated rings. The fraction of sp³-hybridized carbons (Fsp3) is 0. The molecule has 98 valence electrons. The highest BCUT2D eigenvalue weighted by molar-refractivity contribution is 9.10. The number of halogens is 2. The van der Waals surface area contributed by atoms with Crippen LogP contribution in [0.5, 0.6) is 0 Å². The van der Waals surface area contributed by atoms with Crippen molar-refractivity contribution in [2.24, 2.45) is 0 Å². The molecule has 19 heavy (non-hydrogen) atoms. The highest BCUT2D eigenvalue weighted by atomic mass is 79.9. The second-order valence-electron chi connectivity index (χ2n) is 3.59. The monoisotopic (exact) mass is 387 g/mol. The van der Waals surface area contributed by atoms with E-state index in [4.69, 9.17) is 9.52 Å². The molecule has 1 amide bonds. The highest BCUT2D eigenvalue weighted by Crippen LogP contribution is 2.21. The summed E-state index contributed by atoms with van der Waals surface area (Å²) in [5, 5.41) is 11.5. The molecule has 2 aromatic rings. The fourth-order valence-corrected chi connectivity index (χ4v) is 2.21. The Morgan fingerprint density at radius 1 is 1.16 bits per heavy atom. The number of hydrogen-bond donors (Lipinski definition) is 2. The van der Waals surface area contributed by atoms with E-state index in [-0.39, 0.29) is 11.3 Å². The summed E-state index contributed by atoms with van der Waals surface area (Å²) in [5.41, 5.74) is 0.439. The SMILES string of the molecule is O=C(O)c1cc(Br)cc(NC(=O)c2ccc(Br)o2)c1. The number of rotatable bonds is 3. The molecule has 1 aromatic carbocycles. The second-order valence-corrected chi connectivity index (χ2v) is 5.29. The van der Waals surface area contributed by atoms with Gasteiger partial charge in [0.2, 0.25) is 0 Å². The maximum atomic E-state index is 11.8. The predicted octanol–water partition coefficient (Wildman–Crippen LogP) is 3.76. The third-order valence-electron chi connectivity index (χ3n) is 2.20. The lowest BCUT2D eigenvalue weighted by atomic mass is 10.2. The Balaban J connectivity index is 2.23. The molecule has 2 N–H and O–H groups in total. The van der Waals surface area contributed by atoms with Crippen molar-refractivity contribution in [1.29, 1.82) is 0 Å². The predicted molar refractivity (Wildman–Crippen MR) is 75.5 cm³/mol. The molecule has 7 heteroatoms. The molecule has 0 saturated heterocycles. The Kier molecular flexibility index (Phi) is 4.06. The van der Waals surface area contributed by atoms with Gasteiger partial charge >= 0.3 is 5.97 Å². The van der Waals surface area contributed by atoms with E-state index in [0.29, 0.717) is 14.8 Å². The van der Waals surface area contributed by atoms with Crippen LogP contribution in [0, 0.1) is 0 Å². The van der Waals surface area contributed by atoms with Crippen LogP contribution >= 0.6 is 31.9 Å². The van der Waals surface area contributed by atoms with Crippen LogP contribution < -0.4 is 5.32 Å². The van der Waals surface area contributed by atoms with Crippen molar-refractivity contribution in [2.75, 3.05) is 5.32 Å². The molecule has 5 nitrogen and oxygen atoms in total. The third-order valence-corrected chi connectivity index (χ3v) is 3.08. The number of carbonyl (C=O) groups excluding carboxylic acids is 1. The zero-order chi connectivity index (χ0) is 14.0. The van der Waals surface area contributed by atoms with Gasteiger partial charge in [0, 0.05) is 10.2 Å². The summed E-state index contributed by atoms with van der Waals surface area (Å²) in [7, 11) is 0. The standard InChI is InChI=1S/C12H7Br2NO4/c13-7-3-6(12(17)18)4-8(5-7)15-11(16)9-1-2-10(14)19-9/h1-5H,(H,15,16)(H,17,18). The van der Waals surface area contributed by atoms with Gasteiger partial charge in [0.05, 0.1) is 5.56 Å². The number of benzene rings is 1. The van der Waals surface area contributed by atoms with Crippen LogP contribution in [-0.2, 0) is 0 Å². The van der Waals surface area contributed by atoms with E-state index in [9.17, 15) is 9.59 Å². The fourth-order valence-electron chi connectivity index (χ4n) is 1.41. The summed E-state index contributed by atoms with van der Waals surface area (Å²) in [6.45, 7) is 0. The van der Waals surface area contributed by atoms with E-state index in [1.165, 1.54) is 18.2 Å². The van der Waals surface area contributed by atoms with Crippen molar-refractivity contribution >= 4 is 49.4 Å². The first-order valence-electron chi connectivity index (χ1n) is 5.06. The first-order chi connectivity index (χ1) is 8.95. The minimum atomic E-state index is -1.07. The van der Waals surface area contributed by atoms with Crippen LogP contribution in [0.3, 0.4) is 0 Å². The molecule has 0 bridgehead atoms. The summed E-state index contributed by atoms with van der Waals surface area (Å²) in [4.78, 5) is 22.7. The Hall–Kier alpha value is -1.60. The van der Waals surface area contributed by atoms with Gasteiger partial charge in [0.25, 0.3) is 5.91 Å². The average molecular weight is 389 g/mol. The Bertz CT molecular complexity index is 651. The number of nitrogens with one attached hydrogen (secondary N) is 1. The zero-order valence-electron chi connectivity index (χ0n) is 9.31. The highest BCUT2D eigenvalue weighted by Gasteiger charge is 2.12. The Morgan fingerprint density at radius 2 is 1.89 bits per heavy atom. The zero-order valence-corrected chi connectivity index (χ0v) is 12.5. The van der Waals surface area contributed by atoms with Gasteiger partial charge in [-0.25, -0.2) is 4.79 Å². The number of amides is 1. The van der Waals surface area contributed by atoms with E-state index in [1.54, 1.807) is 12.1 Å². The molecule has 0 aliphatic carbocycles. The van der Waals surface area contributed by atoms with Gasteiger partial charge in [-0.3, -0.25) is 4.79 Å². The molecule has 2 rings (SSSR count). The number of aromatic carboxylic acids is 1. The summed E-state index contributed by atoms with van der Waals surface area (Å²) in [6.07, 6.45) is 0. The number of carboxylic acid groups (broad SMARTS) is 1. The molecule has 1 aromatic heterocycles. The second kappa shape index (κ2) is 5.58. The lowest BCUT2D eigenvalue weighted by molar-refractivity contribution is 0.0696. The average Bonchev–Trinajstić information content (AvgIpc) is 2.75. The van der Waals surface area contributed by atoms with E-state index in [2.05, 4.69) is 37.2 Å². The third kappa shape index (κ3) is 3.45. The molecule has 0 unspecified atom stereocenters. The van der Waals surface area contributed by atoms with Gasteiger partial charge in [-0.05, 0) is 46.3 Å². The number of furan rings is 1. The van der Waals surface area contributed by atoms with Crippen LogP contribution in [0.4, 0.5) is 5.69 Å². The van der Waals surface area contributed by atoms with Gasteiger partial charge in [0.1, 0.15) is 0 Å². The van der Waals surface area contributed by atoms with E-state index < -0.39 is 11.9 Å². The number of hydrogen-bond acceptors (Lipinski definition) is 3. The Labute approximate surface area is 124 Å². The summed E-state index contributed by atoms with van der Waals surface area (Å²) in [6, 6.07) is 7.51. The molecule has 0 radical (unpaired) electrons. The van der Waals surface area contributed by atoms with Crippen LogP contribution in [0.2, 0.25) is 0 Å². The number of anilines is 1. The molecule has 0 aliphatic heterocycles. The first-order valence-corrected chi connectivity index (χ1v) is 6.65. The number of carbonyl (C=O) groups is 2. The minimum Gasteiger partial charge on any atom is -0.478 e. The topological polar surface area (TPSA) is 79.5 Å². The molecule has 0 aliphatic rings. The van der Waals surface area contributed by atoms with E-state index in [0.717, 1.165) is 0 Å². The molecular formula is C12H7Br2NO4. The molecule has 1 heterocycles. The van der Waals surface area contributed by atoms with Crippen molar-refractivity contribution in [2.45, 2.75) is 0 Å². The van der Waals surface area contributed by atoms with Gasteiger partial charge in [-0.2, -0.15) is 0 Å². The summed E-state index contributed by atoms with van der Waals surface area (Å²) >= 11 is 6.28. The number of carboxylic acids is 1. The lowest BCUT2D eigenvalue weighted by Gasteiger charge is -2.05. The van der Waals surface area contributed by atoms with E-state index >= 15 is 0 Å². The van der Waals surface area contributed by atoms with Gasteiger partial charge in [0.15, 0.2) is 10.4 Å². The van der Waals surface area contributed by atoms with E-state index in [1.807, 2.05) is 0 Å². The molecule has 0 atom stereocenters. The minimum absolute atomic E-state index is 0.0744. The van der Waals surface area contributed by atoms with Crippen molar-refractivity contribution in [3.63, 3.8) is 0 Å². The van der Waals surface area contributed by atoms with Crippen LogP contribution in [0.15, 0.2) is 43.9 Å².